The average Bonchev–Trinajstić information content (AvgIpc) is 2.38. The third-order valence-corrected chi connectivity index (χ3v) is 3.76. The van der Waals surface area contributed by atoms with Crippen LogP contribution in [0.25, 0.3) is 0 Å². The first-order valence-electron chi connectivity index (χ1n) is 8.58. The van der Waals surface area contributed by atoms with Crippen LogP contribution in [0.2, 0.25) is 0 Å². The van der Waals surface area contributed by atoms with Gasteiger partial charge in [-0.25, -0.2) is 0 Å². The summed E-state index contributed by atoms with van der Waals surface area (Å²) in [6.45, 7) is 8.08. The van der Waals surface area contributed by atoms with E-state index in [1.807, 2.05) is 0 Å². The minimum absolute atomic E-state index is 0.789. The Morgan fingerprint density at radius 3 is 1.83 bits per heavy atom. The second kappa shape index (κ2) is 15.0. The van der Waals surface area contributed by atoms with Crippen molar-refractivity contribution in [1.82, 2.24) is 5.32 Å². The molecule has 0 bridgehead atoms. The molecule has 0 aliphatic heterocycles. The molecule has 0 aliphatic rings. The lowest BCUT2D eigenvalue weighted by Gasteiger charge is -2.17. The van der Waals surface area contributed by atoms with Crippen molar-refractivity contribution in [3.05, 3.63) is 0 Å². The third kappa shape index (κ3) is 12.4. The second-order valence-electron chi connectivity index (χ2n) is 5.70. The van der Waals surface area contributed by atoms with Crippen molar-refractivity contribution in [3.8, 4) is 0 Å². The van der Waals surface area contributed by atoms with Gasteiger partial charge in [0.2, 0.25) is 0 Å². The quantitative estimate of drug-likeness (QED) is 0.393. The summed E-state index contributed by atoms with van der Waals surface area (Å²) < 4.78 is 0. The Morgan fingerprint density at radius 2 is 1.22 bits per heavy atom. The maximum Gasteiger partial charge on any atom is 0.00669 e. The first-order valence-corrected chi connectivity index (χ1v) is 8.58. The Kier molecular flexibility index (Phi) is 15.0. The predicted octanol–water partition coefficient (Wildman–Crippen LogP) is 5.69. The van der Waals surface area contributed by atoms with E-state index in [1.165, 1.54) is 83.6 Å². The van der Waals surface area contributed by atoms with Gasteiger partial charge in [-0.15, -0.1) is 0 Å². The lowest BCUT2D eigenvalue weighted by molar-refractivity contribution is 0.422. The van der Waals surface area contributed by atoms with Gasteiger partial charge in [-0.1, -0.05) is 78.6 Å². The van der Waals surface area contributed by atoms with E-state index >= 15 is 0 Å². The first kappa shape index (κ1) is 18.0. The van der Waals surface area contributed by atoms with Crippen LogP contribution in [0.1, 0.15) is 97.8 Å². The van der Waals surface area contributed by atoms with Crippen LogP contribution in [0.3, 0.4) is 0 Å². The van der Waals surface area contributed by atoms with Crippen LogP contribution in [0.5, 0.6) is 0 Å². The highest BCUT2D eigenvalue weighted by molar-refractivity contribution is 4.66. The van der Waals surface area contributed by atoms with Crippen molar-refractivity contribution in [3.63, 3.8) is 0 Å². The zero-order chi connectivity index (χ0) is 13.5. The van der Waals surface area contributed by atoms with Crippen molar-refractivity contribution >= 4 is 0 Å². The summed E-state index contributed by atoms with van der Waals surface area (Å²) in [5, 5.41) is 3.73. The molecule has 18 heavy (non-hydrogen) atoms. The molecule has 0 saturated heterocycles. The van der Waals surface area contributed by atoms with Crippen LogP contribution in [0, 0.1) is 0 Å². The molecule has 0 aliphatic carbocycles. The number of nitrogens with one attached hydrogen (secondary N) is 1. The Labute approximate surface area is 116 Å². The fourth-order valence-corrected chi connectivity index (χ4v) is 2.53. The molecule has 0 aromatic rings. The topological polar surface area (TPSA) is 12.0 Å². The molecule has 0 spiro atoms. The van der Waals surface area contributed by atoms with Crippen LogP contribution in [0.4, 0.5) is 0 Å². The molecular weight excluding hydrogens is 218 g/mol. The SMILES string of the molecule is CCCCCCCCCC(CCC)NCCCC. The van der Waals surface area contributed by atoms with Gasteiger partial charge in [-0.3, -0.25) is 0 Å². The summed E-state index contributed by atoms with van der Waals surface area (Å²) in [6.07, 6.45) is 16.7. The Hall–Kier alpha value is -0.0400. The summed E-state index contributed by atoms with van der Waals surface area (Å²) >= 11 is 0. The van der Waals surface area contributed by atoms with E-state index in [0.29, 0.717) is 0 Å². The lowest BCUT2D eigenvalue weighted by atomic mass is 10.0. The van der Waals surface area contributed by atoms with Crippen molar-refractivity contribution in [1.29, 1.82) is 0 Å². The van der Waals surface area contributed by atoms with Crippen molar-refractivity contribution < 1.29 is 0 Å². The van der Waals surface area contributed by atoms with E-state index < -0.39 is 0 Å². The monoisotopic (exact) mass is 255 g/mol. The molecule has 0 radical (unpaired) electrons. The van der Waals surface area contributed by atoms with E-state index in [-0.39, 0.29) is 0 Å². The highest BCUT2D eigenvalue weighted by atomic mass is 14.9. The molecular formula is C17H37N. The van der Waals surface area contributed by atoms with Gasteiger partial charge >= 0.3 is 0 Å². The van der Waals surface area contributed by atoms with Gasteiger partial charge in [0.1, 0.15) is 0 Å². The number of unbranched alkanes of at least 4 members (excludes halogenated alkanes) is 7. The highest BCUT2D eigenvalue weighted by Crippen LogP contribution is 2.12. The number of hydrogen-bond acceptors (Lipinski definition) is 1. The molecule has 1 heteroatoms. The second-order valence-corrected chi connectivity index (χ2v) is 5.70. The van der Waals surface area contributed by atoms with Crippen molar-refractivity contribution in [2.24, 2.45) is 0 Å². The molecule has 1 atom stereocenters. The summed E-state index contributed by atoms with van der Waals surface area (Å²) in [5.74, 6) is 0. The van der Waals surface area contributed by atoms with Gasteiger partial charge in [-0.05, 0) is 25.8 Å². The number of hydrogen-bond donors (Lipinski definition) is 1. The third-order valence-electron chi connectivity index (χ3n) is 3.76. The Balaban J connectivity index is 3.39. The first-order chi connectivity index (χ1) is 8.85. The standard InChI is InChI=1S/C17H37N/c1-4-7-9-10-11-12-13-15-17(14-6-3)18-16-8-5-2/h17-18H,4-16H2,1-3H3. The largest absolute Gasteiger partial charge is 0.314 e. The van der Waals surface area contributed by atoms with Crippen LogP contribution < -0.4 is 5.32 Å². The molecule has 0 saturated carbocycles. The van der Waals surface area contributed by atoms with Gasteiger partial charge < -0.3 is 5.32 Å². The molecule has 1 N–H and O–H groups in total. The summed E-state index contributed by atoms with van der Waals surface area (Å²) in [5.41, 5.74) is 0. The molecule has 0 aromatic heterocycles. The molecule has 110 valence electrons. The van der Waals surface area contributed by atoms with Gasteiger partial charge in [0.25, 0.3) is 0 Å². The maximum absolute atomic E-state index is 3.73. The smallest absolute Gasteiger partial charge is 0.00669 e. The zero-order valence-corrected chi connectivity index (χ0v) is 13.3. The minimum Gasteiger partial charge on any atom is -0.314 e. The van der Waals surface area contributed by atoms with Gasteiger partial charge in [-0.2, -0.15) is 0 Å². The molecule has 0 heterocycles. The molecule has 0 fully saturated rings. The fourth-order valence-electron chi connectivity index (χ4n) is 2.53. The summed E-state index contributed by atoms with van der Waals surface area (Å²) in [4.78, 5) is 0. The van der Waals surface area contributed by atoms with E-state index in [2.05, 4.69) is 26.1 Å². The van der Waals surface area contributed by atoms with Crippen LogP contribution in [-0.2, 0) is 0 Å². The van der Waals surface area contributed by atoms with Gasteiger partial charge in [0, 0.05) is 6.04 Å². The van der Waals surface area contributed by atoms with Crippen LogP contribution >= 0.6 is 0 Å². The van der Waals surface area contributed by atoms with E-state index in [4.69, 9.17) is 0 Å². The fraction of sp³-hybridized carbons (Fsp3) is 1.00. The Morgan fingerprint density at radius 1 is 0.611 bits per heavy atom. The van der Waals surface area contributed by atoms with E-state index in [1.54, 1.807) is 0 Å². The minimum atomic E-state index is 0.789. The molecule has 0 amide bonds. The van der Waals surface area contributed by atoms with Crippen molar-refractivity contribution in [2.75, 3.05) is 6.54 Å². The lowest BCUT2D eigenvalue weighted by Crippen LogP contribution is -2.29. The number of rotatable bonds is 14. The molecule has 1 nitrogen and oxygen atoms in total. The van der Waals surface area contributed by atoms with Crippen molar-refractivity contribution in [2.45, 2.75) is 104 Å². The molecule has 0 rings (SSSR count). The van der Waals surface area contributed by atoms with Gasteiger partial charge in [0.05, 0.1) is 0 Å². The predicted molar refractivity (Wildman–Crippen MR) is 84.2 cm³/mol. The Bertz CT molecular complexity index is 145. The summed E-state index contributed by atoms with van der Waals surface area (Å²) in [7, 11) is 0. The molecule has 1 unspecified atom stereocenters. The normalized spacial score (nSPS) is 12.8. The van der Waals surface area contributed by atoms with Crippen LogP contribution in [0.15, 0.2) is 0 Å². The zero-order valence-electron chi connectivity index (χ0n) is 13.3. The summed E-state index contributed by atoms with van der Waals surface area (Å²) in [6, 6.07) is 0.789. The average molecular weight is 255 g/mol. The molecule has 0 aromatic carbocycles. The van der Waals surface area contributed by atoms with Crippen LogP contribution in [-0.4, -0.2) is 12.6 Å². The maximum atomic E-state index is 3.73. The van der Waals surface area contributed by atoms with E-state index in [9.17, 15) is 0 Å². The highest BCUT2D eigenvalue weighted by Gasteiger charge is 2.05. The van der Waals surface area contributed by atoms with E-state index in [0.717, 1.165) is 6.04 Å². The van der Waals surface area contributed by atoms with Gasteiger partial charge in [0.15, 0.2) is 0 Å².